The molecule has 1 aromatic heterocycles. The number of benzene rings is 1. The molecule has 1 atom stereocenters. The molecule has 1 unspecified atom stereocenters. The largest absolute Gasteiger partial charge is 0.331 e. The van der Waals surface area contributed by atoms with Gasteiger partial charge in [-0.3, -0.25) is 4.90 Å². The van der Waals surface area contributed by atoms with E-state index in [0.29, 0.717) is 0 Å². The highest BCUT2D eigenvalue weighted by atomic mass is 32.1. The maximum absolute atomic E-state index is 12.6. The molecule has 0 saturated carbocycles. The van der Waals surface area contributed by atoms with E-state index in [-0.39, 0.29) is 12.1 Å². The molecule has 1 saturated heterocycles. The first kappa shape index (κ1) is 15.7. The maximum Gasteiger partial charge on any atom is 0.317 e. The van der Waals surface area contributed by atoms with E-state index in [4.69, 9.17) is 0 Å². The Bertz CT molecular complexity index is 692. The number of hydrogen-bond donors (Lipinski definition) is 1. The van der Waals surface area contributed by atoms with E-state index < -0.39 is 0 Å². The number of fused-ring (bicyclic) bond motifs is 1. The fourth-order valence-corrected chi connectivity index (χ4v) is 4.43. The van der Waals surface area contributed by atoms with Gasteiger partial charge in [-0.05, 0) is 35.4 Å². The minimum atomic E-state index is 0.0903. The van der Waals surface area contributed by atoms with Crippen LogP contribution in [0.2, 0.25) is 0 Å². The highest BCUT2D eigenvalue weighted by Crippen LogP contribution is 2.30. The lowest BCUT2D eigenvalue weighted by Gasteiger charge is -2.35. The Morgan fingerprint density at radius 1 is 1.12 bits per heavy atom. The lowest BCUT2D eigenvalue weighted by Crippen LogP contribution is -2.51. The first-order valence-electron chi connectivity index (χ1n) is 8.67. The van der Waals surface area contributed by atoms with Crippen LogP contribution < -0.4 is 5.32 Å². The molecule has 2 aliphatic rings. The SMILES string of the molecule is O=C(NC1CCc2ccccc21)N1CCN(Cc2cccs2)CC1. The number of carbonyl (C=O) groups is 1. The van der Waals surface area contributed by atoms with Crippen molar-refractivity contribution in [2.45, 2.75) is 25.4 Å². The quantitative estimate of drug-likeness (QED) is 0.930. The summed E-state index contributed by atoms with van der Waals surface area (Å²) in [5, 5.41) is 5.36. The molecule has 1 aliphatic carbocycles. The topological polar surface area (TPSA) is 35.6 Å². The van der Waals surface area contributed by atoms with E-state index in [1.165, 1.54) is 16.0 Å². The van der Waals surface area contributed by atoms with Crippen molar-refractivity contribution in [1.82, 2.24) is 15.1 Å². The van der Waals surface area contributed by atoms with Crippen LogP contribution >= 0.6 is 11.3 Å². The summed E-state index contributed by atoms with van der Waals surface area (Å²) in [5.41, 5.74) is 2.67. The predicted octanol–water partition coefficient (Wildman–Crippen LogP) is 3.26. The average Bonchev–Trinajstić information content (AvgIpc) is 3.26. The zero-order valence-corrected chi connectivity index (χ0v) is 14.6. The smallest absolute Gasteiger partial charge is 0.317 e. The summed E-state index contributed by atoms with van der Waals surface area (Å²) in [4.78, 5) is 18.4. The first-order valence-corrected chi connectivity index (χ1v) is 9.55. The van der Waals surface area contributed by atoms with E-state index in [1.54, 1.807) is 11.3 Å². The van der Waals surface area contributed by atoms with E-state index in [2.05, 4.69) is 52.0 Å². The van der Waals surface area contributed by atoms with Crippen LogP contribution in [0.3, 0.4) is 0 Å². The summed E-state index contributed by atoms with van der Waals surface area (Å²) >= 11 is 1.80. The maximum atomic E-state index is 12.6. The summed E-state index contributed by atoms with van der Waals surface area (Å²) in [7, 11) is 0. The van der Waals surface area contributed by atoms with Gasteiger partial charge in [0, 0.05) is 37.6 Å². The molecule has 4 nitrogen and oxygen atoms in total. The second kappa shape index (κ2) is 6.95. The zero-order chi connectivity index (χ0) is 16.4. The molecule has 24 heavy (non-hydrogen) atoms. The Hall–Kier alpha value is -1.85. The van der Waals surface area contributed by atoms with E-state index in [9.17, 15) is 4.79 Å². The van der Waals surface area contributed by atoms with Gasteiger partial charge in [0.1, 0.15) is 0 Å². The number of hydrogen-bond acceptors (Lipinski definition) is 3. The second-order valence-corrected chi connectivity index (χ2v) is 7.61. The van der Waals surface area contributed by atoms with Crippen LogP contribution in [0.4, 0.5) is 4.79 Å². The van der Waals surface area contributed by atoms with Gasteiger partial charge in [0.2, 0.25) is 0 Å². The summed E-state index contributed by atoms with van der Waals surface area (Å²) in [6, 6.07) is 13.0. The van der Waals surface area contributed by atoms with Gasteiger partial charge >= 0.3 is 6.03 Å². The molecular weight excluding hydrogens is 318 g/mol. The van der Waals surface area contributed by atoms with Crippen LogP contribution in [0.15, 0.2) is 41.8 Å². The van der Waals surface area contributed by atoms with E-state index >= 15 is 0 Å². The van der Waals surface area contributed by atoms with Gasteiger partial charge in [0.15, 0.2) is 0 Å². The second-order valence-electron chi connectivity index (χ2n) is 6.58. The molecule has 0 bridgehead atoms. The van der Waals surface area contributed by atoms with E-state index in [1.807, 2.05) is 4.90 Å². The lowest BCUT2D eigenvalue weighted by atomic mass is 10.1. The summed E-state index contributed by atoms with van der Waals surface area (Å²) in [5.74, 6) is 0. The number of rotatable bonds is 3. The number of urea groups is 1. The molecule has 0 radical (unpaired) electrons. The van der Waals surface area contributed by atoms with Gasteiger partial charge in [0.05, 0.1) is 6.04 Å². The van der Waals surface area contributed by atoms with E-state index in [0.717, 1.165) is 45.6 Å². The van der Waals surface area contributed by atoms with Crippen molar-refractivity contribution in [2.75, 3.05) is 26.2 Å². The van der Waals surface area contributed by atoms with Crippen molar-refractivity contribution in [1.29, 1.82) is 0 Å². The van der Waals surface area contributed by atoms with Crippen LogP contribution in [0.5, 0.6) is 0 Å². The van der Waals surface area contributed by atoms with Gasteiger partial charge in [-0.2, -0.15) is 0 Å². The Kier molecular flexibility index (Phi) is 4.54. The number of carbonyl (C=O) groups excluding carboxylic acids is 1. The van der Waals surface area contributed by atoms with Gasteiger partial charge in [-0.15, -0.1) is 11.3 Å². The van der Waals surface area contributed by atoms with Crippen molar-refractivity contribution in [3.63, 3.8) is 0 Å². The van der Waals surface area contributed by atoms with Gasteiger partial charge in [-0.1, -0.05) is 30.3 Å². The molecule has 2 amide bonds. The van der Waals surface area contributed by atoms with Crippen LogP contribution in [0, 0.1) is 0 Å². The van der Waals surface area contributed by atoms with Crippen molar-refractivity contribution in [2.24, 2.45) is 0 Å². The Morgan fingerprint density at radius 2 is 1.96 bits per heavy atom. The van der Waals surface area contributed by atoms with Crippen molar-refractivity contribution >= 4 is 17.4 Å². The Balaban J connectivity index is 1.29. The van der Waals surface area contributed by atoms with Crippen LogP contribution in [0.1, 0.15) is 28.5 Å². The zero-order valence-electron chi connectivity index (χ0n) is 13.8. The number of aryl methyl sites for hydroxylation is 1. The molecule has 1 fully saturated rings. The average molecular weight is 341 g/mol. The third-order valence-corrected chi connectivity index (χ3v) is 5.91. The first-order chi connectivity index (χ1) is 11.8. The fourth-order valence-electron chi connectivity index (χ4n) is 3.68. The van der Waals surface area contributed by atoms with Crippen molar-refractivity contribution in [3.05, 3.63) is 57.8 Å². The van der Waals surface area contributed by atoms with Crippen LogP contribution in [-0.2, 0) is 13.0 Å². The Morgan fingerprint density at radius 3 is 2.75 bits per heavy atom. The minimum absolute atomic E-state index is 0.0903. The number of piperazine rings is 1. The molecule has 4 rings (SSSR count). The summed E-state index contributed by atoms with van der Waals surface area (Å²) < 4.78 is 0. The summed E-state index contributed by atoms with van der Waals surface area (Å²) in [6.45, 7) is 4.53. The number of nitrogens with zero attached hydrogens (tertiary/aromatic N) is 2. The lowest BCUT2D eigenvalue weighted by molar-refractivity contribution is 0.134. The fraction of sp³-hybridized carbons (Fsp3) is 0.421. The molecular formula is C19H23N3OS. The van der Waals surface area contributed by atoms with Crippen LogP contribution in [-0.4, -0.2) is 42.0 Å². The molecule has 2 heterocycles. The number of nitrogens with one attached hydrogen (secondary N) is 1. The normalized spacial score (nSPS) is 20.8. The molecule has 1 aliphatic heterocycles. The monoisotopic (exact) mass is 341 g/mol. The molecule has 0 spiro atoms. The molecule has 5 heteroatoms. The standard InChI is InChI=1S/C19H23N3OS/c23-19(20-18-8-7-15-4-1-2-6-17(15)18)22-11-9-21(10-12-22)14-16-5-3-13-24-16/h1-6,13,18H,7-12,14H2,(H,20,23). The molecule has 1 N–H and O–H groups in total. The van der Waals surface area contributed by atoms with Gasteiger partial charge < -0.3 is 10.2 Å². The molecule has 126 valence electrons. The minimum Gasteiger partial charge on any atom is -0.331 e. The van der Waals surface area contributed by atoms with Gasteiger partial charge in [0.25, 0.3) is 0 Å². The third-order valence-electron chi connectivity index (χ3n) is 5.05. The number of thiophene rings is 1. The summed E-state index contributed by atoms with van der Waals surface area (Å²) in [6.07, 6.45) is 2.08. The van der Waals surface area contributed by atoms with Crippen LogP contribution in [0.25, 0.3) is 0 Å². The Labute approximate surface area is 147 Å². The highest BCUT2D eigenvalue weighted by molar-refractivity contribution is 7.09. The highest BCUT2D eigenvalue weighted by Gasteiger charge is 2.27. The van der Waals surface area contributed by atoms with Crippen molar-refractivity contribution < 1.29 is 4.79 Å². The predicted molar refractivity (Wildman–Crippen MR) is 97.2 cm³/mol. The third kappa shape index (κ3) is 3.32. The molecule has 1 aromatic carbocycles. The molecule has 2 aromatic rings. The number of amides is 2. The van der Waals surface area contributed by atoms with Gasteiger partial charge in [-0.25, -0.2) is 4.79 Å². The van der Waals surface area contributed by atoms with Crippen molar-refractivity contribution in [3.8, 4) is 0 Å².